The van der Waals surface area contributed by atoms with Crippen LogP contribution in [-0.2, 0) is 4.74 Å². The first-order chi connectivity index (χ1) is 15.7. The average molecular weight is 449 g/mol. The predicted molar refractivity (Wildman–Crippen MR) is 125 cm³/mol. The van der Waals surface area contributed by atoms with Crippen LogP contribution >= 0.6 is 11.8 Å². The summed E-state index contributed by atoms with van der Waals surface area (Å²) in [6.45, 7) is 2.87. The maximum Gasteiger partial charge on any atom is 0.291 e. The molecule has 0 aliphatic carbocycles. The molecule has 1 saturated heterocycles. The summed E-state index contributed by atoms with van der Waals surface area (Å²) >= 11 is 1.71. The molecule has 1 aliphatic rings. The number of anilines is 1. The lowest BCUT2D eigenvalue weighted by atomic mass is 10.0. The Morgan fingerprint density at radius 1 is 1.03 bits per heavy atom. The van der Waals surface area contributed by atoms with E-state index in [2.05, 4.69) is 40.7 Å². The number of furan rings is 2. The lowest BCUT2D eigenvalue weighted by Crippen LogP contribution is -2.39. The molecular formula is C25H24N2O4S. The van der Waals surface area contributed by atoms with E-state index in [0.29, 0.717) is 24.7 Å². The zero-order valence-electron chi connectivity index (χ0n) is 17.7. The molecule has 0 bridgehead atoms. The maximum atomic E-state index is 12.9. The minimum atomic E-state index is -0.304. The van der Waals surface area contributed by atoms with Gasteiger partial charge in [0.2, 0.25) is 0 Å². The number of rotatable bonds is 6. The molecule has 5 rings (SSSR count). The van der Waals surface area contributed by atoms with Crippen LogP contribution in [-0.4, -0.2) is 43.4 Å². The largest absolute Gasteiger partial charge is 0.459 e. The van der Waals surface area contributed by atoms with Gasteiger partial charge in [-0.05, 0) is 48.2 Å². The Morgan fingerprint density at radius 2 is 1.81 bits per heavy atom. The van der Waals surface area contributed by atoms with E-state index in [1.807, 2.05) is 24.3 Å². The van der Waals surface area contributed by atoms with Crippen molar-refractivity contribution < 1.29 is 18.4 Å². The highest BCUT2D eigenvalue weighted by atomic mass is 32.2. The van der Waals surface area contributed by atoms with E-state index < -0.39 is 0 Å². The molecule has 2 aromatic carbocycles. The number of carbonyl (C=O) groups excluding carboxylic acids is 1. The molecule has 3 heterocycles. The van der Waals surface area contributed by atoms with Crippen LogP contribution in [0.1, 0.15) is 27.9 Å². The van der Waals surface area contributed by atoms with E-state index in [1.165, 1.54) is 11.2 Å². The molecule has 32 heavy (non-hydrogen) atoms. The number of fused-ring (bicyclic) bond motifs is 1. The van der Waals surface area contributed by atoms with Crippen molar-refractivity contribution in [1.29, 1.82) is 0 Å². The molecule has 4 aromatic rings. The van der Waals surface area contributed by atoms with Crippen LogP contribution < -0.4 is 5.32 Å². The molecule has 164 valence electrons. The topological polar surface area (TPSA) is 67.9 Å². The third-order valence-electron chi connectivity index (χ3n) is 5.70. The molecule has 1 amide bonds. The summed E-state index contributed by atoms with van der Waals surface area (Å²) in [5.41, 5.74) is 2.51. The highest BCUT2D eigenvalue weighted by Gasteiger charge is 2.31. The van der Waals surface area contributed by atoms with E-state index in [0.717, 1.165) is 29.6 Å². The highest BCUT2D eigenvalue weighted by molar-refractivity contribution is 7.98. The zero-order valence-corrected chi connectivity index (χ0v) is 18.6. The van der Waals surface area contributed by atoms with Gasteiger partial charge in [-0.1, -0.05) is 24.3 Å². The quantitative estimate of drug-likeness (QED) is 0.397. The number of hydrogen-bond donors (Lipinski definition) is 1. The van der Waals surface area contributed by atoms with Crippen LogP contribution in [0.25, 0.3) is 11.0 Å². The van der Waals surface area contributed by atoms with E-state index in [1.54, 1.807) is 23.9 Å². The van der Waals surface area contributed by atoms with E-state index >= 15 is 0 Å². The van der Waals surface area contributed by atoms with Crippen LogP contribution in [0, 0.1) is 0 Å². The number of hydrogen-bond acceptors (Lipinski definition) is 6. The molecule has 1 N–H and O–H groups in total. The van der Waals surface area contributed by atoms with Gasteiger partial charge in [-0.15, -0.1) is 11.8 Å². The van der Waals surface area contributed by atoms with Gasteiger partial charge in [0.25, 0.3) is 5.91 Å². The SMILES string of the molecule is CSc1ccc(C(c2oc3ccccc3c2NC(=O)c2ccco2)N2CCOCC2)cc1. The number of carbonyl (C=O) groups is 1. The summed E-state index contributed by atoms with van der Waals surface area (Å²) in [5.74, 6) is 0.666. The van der Waals surface area contributed by atoms with Gasteiger partial charge in [0, 0.05) is 23.4 Å². The van der Waals surface area contributed by atoms with Crippen LogP contribution in [0.15, 0.2) is 80.7 Å². The van der Waals surface area contributed by atoms with Crippen molar-refractivity contribution in [2.75, 3.05) is 37.9 Å². The molecule has 2 aromatic heterocycles. The Morgan fingerprint density at radius 3 is 2.53 bits per heavy atom. The number of morpholine rings is 1. The minimum absolute atomic E-state index is 0.158. The summed E-state index contributed by atoms with van der Waals surface area (Å²) in [7, 11) is 0. The van der Waals surface area contributed by atoms with Crippen molar-refractivity contribution in [3.05, 3.63) is 84.0 Å². The Hall–Kier alpha value is -3.00. The normalized spacial score (nSPS) is 15.7. The molecule has 0 spiro atoms. The smallest absolute Gasteiger partial charge is 0.291 e. The zero-order chi connectivity index (χ0) is 21.9. The van der Waals surface area contributed by atoms with Crippen LogP contribution in [0.3, 0.4) is 0 Å². The van der Waals surface area contributed by atoms with Crippen molar-refractivity contribution in [2.24, 2.45) is 0 Å². The molecular weight excluding hydrogens is 424 g/mol. The lowest BCUT2D eigenvalue weighted by molar-refractivity contribution is 0.0206. The summed E-state index contributed by atoms with van der Waals surface area (Å²) in [6, 6.07) is 19.5. The molecule has 1 unspecified atom stereocenters. The number of ether oxygens (including phenoxy) is 1. The number of benzene rings is 2. The first kappa shape index (κ1) is 20.9. The number of nitrogens with one attached hydrogen (secondary N) is 1. The number of amides is 1. The predicted octanol–water partition coefficient (Wildman–Crippen LogP) is 5.42. The fourth-order valence-corrected chi connectivity index (χ4v) is 4.53. The highest BCUT2D eigenvalue weighted by Crippen LogP contribution is 2.41. The van der Waals surface area contributed by atoms with Gasteiger partial charge in [-0.25, -0.2) is 0 Å². The second kappa shape index (κ2) is 9.24. The molecule has 6 nitrogen and oxygen atoms in total. The lowest BCUT2D eigenvalue weighted by Gasteiger charge is -2.34. The van der Waals surface area contributed by atoms with Crippen molar-refractivity contribution in [3.8, 4) is 0 Å². The van der Waals surface area contributed by atoms with Gasteiger partial charge in [0.05, 0.1) is 31.2 Å². The Bertz CT molecular complexity index is 1190. The second-order valence-corrected chi connectivity index (χ2v) is 8.47. The van der Waals surface area contributed by atoms with E-state index in [-0.39, 0.29) is 17.7 Å². The Balaban J connectivity index is 1.63. The standard InChI is InChI=1S/C25H24N2O4S/c1-32-18-10-8-17(9-11-18)23(27-12-15-29-16-13-27)24-22(19-5-2-3-6-20(19)31-24)26-25(28)21-7-4-14-30-21/h2-11,14,23H,12-13,15-16H2,1H3,(H,26,28). The van der Waals surface area contributed by atoms with Crippen molar-refractivity contribution >= 4 is 34.3 Å². The summed E-state index contributed by atoms with van der Waals surface area (Å²) in [4.78, 5) is 16.4. The molecule has 1 fully saturated rings. The first-order valence-corrected chi connectivity index (χ1v) is 11.8. The monoisotopic (exact) mass is 448 g/mol. The number of para-hydroxylation sites is 1. The fourth-order valence-electron chi connectivity index (χ4n) is 4.12. The summed E-state index contributed by atoms with van der Waals surface area (Å²) in [6.07, 6.45) is 3.56. The number of thioether (sulfide) groups is 1. The molecule has 0 radical (unpaired) electrons. The fraction of sp³-hybridized carbons (Fsp3) is 0.240. The molecule has 1 aliphatic heterocycles. The Labute approximate surface area is 190 Å². The molecule has 1 atom stereocenters. The van der Waals surface area contributed by atoms with Crippen LogP contribution in [0.4, 0.5) is 5.69 Å². The first-order valence-electron chi connectivity index (χ1n) is 10.6. The van der Waals surface area contributed by atoms with Gasteiger partial charge < -0.3 is 18.9 Å². The van der Waals surface area contributed by atoms with Crippen molar-refractivity contribution in [2.45, 2.75) is 10.9 Å². The summed E-state index contributed by atoms with van der Waals surface area (Å²) in [5, 5.41) is 3.92. The van der Waals surface area contributed by atoms with Crippen LogP contribution in [0.2, 0.25) is 0 Å². The van der Waals surface area contributed by atoms with E-state index in [4.69, 9.17) is 13.6 Å². The van der Waals surface area contributed by atoms with E-state index in [9.17, 15) is 4.79 Å². The minimum Gasteiger partial charge on any atom is -0.459 e. The number of nitrogens with zero attached hydrogens (tertiary/aromatic N) is 1. The third-order valence-corrected chi connectivity index (χ3v) is 6.44. The van der Waals surface area contributed by atoms with Gasteiger partial charge in [0.1, 0.15) is 11.3 Å². The molecule has 7 heteroatoms. The molecule has 0 saturated carbocycles. The van der Waals surface area contributed by atoms with Crippen molar-refractivity contribution in [1.82, 2.24) is 4.90 Å². The third kappa shape index (κ3) is 4.07. The maximum absolute atomic E-state index is 12.9. The second-order valence-electron chi connectivity index (χ2n) is 7.59. The van der Waals surface area contributed by atoms with Gasteiger partial charge >= 0.3 is 0 Å². The average Bonchev–Trinajstić information content (AvgIpc) is 3.50. The van der Waals surface area contributed by atoms with Gasteiger partial charge in [-0.3, -0.25) is 9.69 Å². The Kier molecular flexibility index (Phi) is 6.03. The van der Waals surface area contributed by atoms with Crippen molar-refractivity contribution in [3.63, 3.8) is 0 Å². The summed E-state index contributed by atoms with van der Waals surface area (Å²) < 4.78 is 17.3. The van der Waals surface area contributed by atoms with Gasteiger partial charge in [-0.2, -0.15) is 0 Å². The van der Waals surface area contributed by atoms with Gasteiger partial charge in [0.15, 0.2) is 5.76 Å². The van der Waals surface area contributed by atoms with Crippen LogP contribution in [0.5, 0.6) is 0 Å².